The second-order valence-corrected chi connectivity index (χ2v) is 10.5. The van der Waals surface area contributed by atoms with E-state index < -0.39 is 9.84 Å². The zero-order chi connectivity index (χ0) is 20.8. The topological polar surface area (TPSA) is 51.2 Å². The third-order valence-electron chi connectivity index (χ3n) is 4.54. The Morgan fingerprint density at radius 2 is 1.59 bits per heavy atom. The van der Waals surface area contributed by atoms with Gasteiger partial charge in [-0.25, -0.2) is 8.42 Å². The van der Waals surface area contributed by atoms with Crippen LogP contribution in [0, 0.1) is 0 Å². The van der Waals surface area contributed by atoms with E-state index in [2.05, 4.69) is 0 Å². The summed E-state index contributed by atoms with van der Waals surface area (Å²) in [5, 5.41) is 1.47. The molecule has 0 spiro atoms. The Bertz CT molecular complexity index is 1410. The summed E-state index contributed by atoms with van der Waals surface area (Å²) >= 11 is 13.9. The zero-order valence-electron chi connectivity index (χ0n) is 15.1. The maximum Gasteiger partial charge on any atom is 0.196 e. The van der Waals surface area contributed by atoms with Gasteiger partial charge in [0.25, 0.3) is 0 Å². The molecule has 0 fully saturated rings. The van der Waals surface area contributed by atoms with E-state index in [1.807, 2.05) is 18.2 Å². The number of sulfone groups is 1. The standard InChI is InChI=1S/C22H14Cl2O3S2/c1-29(26,27)15-9-6-13(7-10-15)22-20(16-11-8-14(23)12-18(16)24)21(25)17-4-2-3-5-19(17)28-22/h2-12H,1H3. The van der Waals surface area contributed by atoms with Gasteiger partial charge < -0.3 is 0 Å². The number of rotatable bonds is 3. The van der Waals surface area contributed by atoms with Gasteiger partial charge in [0.15, 0.2) is 15.3 Å². The average molecular weight is 461 g/mol. The molecule has 0 N–H and O–H groups in total. The van der Waals surface area contributed by atoms with Crippen LogP contribution >= 0.6 is 34.5 Å². The van der Waals surface area contributed by atoms with Gasteiger partial charge in [0.2, 0.25) is 0 Å². The van der Waals surface area contributed by atoms with E-state index >= 15 is 0 Å². The van der Waals surface area contributed by atoms with Crippen molar-refractivity contribution in [2.75, 3.05) is 6.26 Å². The molecule has 4 aromatic rings. The predicted octanol–water partition coefficient (Wildman–Crippen LogP) is 6.31. The Kier molecular flexibility index (Phi) is 5.25. The summed E-state index contributed by atoms with van der Waals surface area (Å²) in [5.41, 5.74) is 1.67. The molecule has 0 amide bonds. The van der Waals surface area contributed by atoms with Gasteiger partial charge in [0.05, 0.1) is 9.92 Å². The molecule has 3 nitrogen and oxygen atoms in total. The minimum absolute atomic E-state index is 0.134. The first-order valence-corrected chi connectivity index (χ1v) is 12.0. The SMILES string of the molecule is CS(=O)(=O)c1ccc(-c2sc3ccccc3c(=O)c2-c2ccc(Cl)cc2Cl)cc1. The minimum atomic E-state index is -3.31. The molecular weight excluding hydrogens is 447 g/mol. The van der Waals surface area contributed by atoms with Gasteiger partial charge in [-0.15, -0.1) is 11.3 Å². The van der Waals surface area contributed by atoms with Crippen molar-refractivity contribution in [3.63, 3.8) is 0 Å². The number of hydrogen-bond acceptors (Lipinski definition) is 4. The summed E-state index contributed by atoms with van der Waals surface area (Å²) in [4.78, 5) is 14.3. The van der Waals surface area contributed by atoms with Gasteiger partial charge in [-0.3, -0.25) is 4.79 Å². The smallest absolute Gasteiger partial charge is 0.196 e. The molecule has 29 heavy (non-hydrogen) atoms. The highest BCUT2D eigenvalue weighted by atomic mass is 35.5. The molecule has 0 saturated carbocycles. The summed E-state index contributed by atoms with van der Waals surface area (Å²) in [6, 6.07) is 18.9. The van der Waals surface area contributed by atoms with Crippen LogP contribution in [0.5, 0.6) is 0 Å². The second kappa shape index (κ2) is 7.58. The molecule has 0 aliphatic carbocycles. The Hall–Kier alpha value is -2.18. The summed E-state index contributed by atoms with van der Waals surface area (Å²) in [7, 11) is -3.31. The number of fused-ring (bicyclic) bond motifs is 1. The van der Waals surface area contributed by atoms with Crippen LogP contribution in [-0.2, 0) is 9.84 Å². The highest BCUT2D eigenvalue weighted by Crippen LogP contribution is 2.40. The fourth-order valence-electron chi connectivity index (χ4n) is 3.14. The molecule has 0 unspecified atom stereocenters. The van der Waals surface area contributed by atoms with Crippen molar-refractivity contribution in [2.24, 2.45) is 0 Å². The Balaban J connectivity index is 2.06. The highest BCUT2D eigenvalue weighted by Gasteiger charge is 2.19. The van der Waals surface area contributed by atoms with Crippen molar-refractivity contribution in [1.82, 2.24) is 0 Å². The molecule has 0 aliphatic rings. The zero-order valence-corrected chi connectivity index (χ0v) is 18.3. The van der Waals surface area contributed by atoms with Crippen LogP contribution in [-0.4, -0.2) is 14.7 Å². The van der Waals surface area contributed by atoms with Crippen LogP contribution < -0.4 is 5.43 Å². The van der Waals surface area contributed by atoms with E-state index in [1.54, 1.807) is 48.5 Å². The van der Waals surface area contributed by atoms with Crippen LogP contribution in [0.4, 0.5) is 0 Å². The van der Waals surface area contributed by atoms with E-state index in [0.717, 1.165) is 21.4 Å². The molecule has 0 radical (unpaired) electrons. The average Bonchev–Trinajstić information content (AvgIpc) is 2.68. The quantitative estimate of drug-likeness (QED) is 0.360. The highest BCUT2D eigenvalue weighted by molar-refractivity contribution is 7.90. The summed E-state index contributed by atoms with van der Waals surface area (Å²) in [6.07, 6.45) is 1.16. The first kappa shape index (κ1) is 20.1. The summed E-state index contributed by atoms with van der Waals surface area (Å²) in [6.45, 7) is 0. The fraction of sp³-hybridized carbons (Fsp3) is 0.0455. The van der Waals surface area contributed by atoms with Crippen molar-refractivity contribution in [3.05, 3.63) is 87.0 Å². The van der Waals surface area contributed by atoms with Gasteiger partial charge in [0, 0.05) is 37.4 Å². The third kappa shape index (κ3) is 3.83. The molecule has 1 heterocycles. The van der Waals surface area contributed by atoms with Crippen molar-refractivity contribution >= 4 is 54.5 Å². The Morgan fingerprint density at radius 3 is 2.24 bits per heavy atom. The van der Waals surface area contributed by atoms with Gasteiger partial charge in [-0.2, -0.15) is 0 Å². The summed E-state index contributed by atoms with van der Waals surface area (Å²) < 4.78 is 24.4. The lowest BCUT2D eigenvalue weighted by Gasteiger charge is -2.13. The Morgan fingerprint density at radius 1 is 0.897 bits per heavy atom. The van der Waals surface area contributed by atoms with Crippen molar-refractivity contribution in [2.45, 2.75) is 4.90 Å². The van der Waals surface area contributed by atoms with Crippen LogP contribution in [0.2, 0.25) is 10.0 Å². The fourth-order valence-corrected chi connectivity index (χ4v) is 5.46. The van der Waals surface area contributed by atoms with Crippen molar-refractivity contribution in [1.29, 1.82) is 0 Å². The predicted molar refractivity (Wildman–Crippen MR) is 122 cm³/mol. The van der Waals surface area contributed by atoms with E-state index in [1.165, 1.54) is 11.3 Å². The number of benzene rings is 3. The van der Waals surface area contributed by atoms with Crippen molar-refractivity contribution < 1.29 is 8.42 Å². The minimum Gasteiger partial charge on any atom is -0.288 e. The van der Waals surface area contributed by atoms with Gasteiger partial charge in [-0.05, 0) is 42.0 Å². The molecule has 0 saturated heterocycles. The lowest BCUT2D eigenvalue weighted by Crippen LogP contribution is -2.06. The maximum absolute atomic E-state index is 13.4. The Labute approximate surface area is 182 Å². The molecule has 0 atom stereocenters. The van der Waals surface area contributed by atoms with Gasteiger partial charge in [-0.1, -0.05) is 53.5 Å². The molecule has 3 aromatic carbocycles. The van der Waals surface area contributed by atoms with Gasteiger partial charge in [0.1, 0.15) is 0 Å². The molecule has 4 rings (SSSR count). The maximum atomic E-state index is 13.4. The third-order valence-corrected chi connectivity index (χ3v) is 7.44. The van der Waals surface area contributed by atoms with Gasteiger partial charge >= 0.3 is 0 Å². The van der Waals surface area contributed by atoms with E-state index in [9.17, 15) is 13.2 Å². The van der Waals surface area contributed by atoms with E-state index in [0.29, 0.717) is 26.6 Å². The number of halogens is 2. The molecule has 1 aromatic heterocycles. The first-order chi connectivity index (χ1) is 13.8. The van der Waals surface area contributed by atoms with E-state index in [4.69, 9.17) is 23.2 Å². The van der Waals surface area contributed by atoms with Crippen LogP contribution in [0.1, 0.15) is 0 Å². The monoisotopic (exact) mass is 460 g/mol. The summed E-state index contributed by atoms with van der Waals surface area (Å²) in [5.74, 6) is 0. The second-order valence-electron chi connectivity index (χ2n) is 6.55. The molecule has 0 bridgehead atoms. The number of hydrogen-bond donors (Lipinski definition) is 0. The molecule has 7 heteroatoms. The van der Waals surface area contributed by atoms with Crippen molar-refractivity contribution in [3.8, 4) is 21.6 Å². The lowest BCUT2D eigenvalue weighted by atomic mass is 10.0. The van der Waals surface area contributed by atoms with Crippen LogP contribution in [0.25, 0.3) is 31.7 Å². The lowest BCUT2D eigenvalue weighted by molar-refractivity contribution is 0.602. The molecule has 0 aliphatic heterocycles. The first-order valence-electron chi connectivity index (χ1n) is 8.57. The normalized spacial score (nSPS) is 11.7. The van der Waals surface area contributed by atoms with Crippen LogP contribution in [0.3, 0.4) is 0 Å². The molecular formula is C22H14Cl2O3S2. The molecule has 146 valence electrons. The van der Waals surface area contributed by atoms with E-state index in [-0.39, 0.29) is 10.3 Å². The van der Waals surface area contributed by atoms with Crippen LogP contribution in [0.15, 0.2) is 76.4 Å². The largest absolute Gasteiger partial charge is 0.288 e.